The Bertz CT molecular complexity index is 340. The minimum atomic E-state index is -0.472. The van der Waals surface area contributed by atoms with Crippen LogP contribution < -0.4 is 5.32 Å². The van der Waals surface area contributed by atoms with Gasteiger partial charge in [0.2, 0.25) is 0 Å². The minimum absolute atomic E-state index is 0.0312. The van der Waals surface area contributed by atoms with E-state index in [9.17, 15) is 9.90 Å². The maximum atomic E-state index is 12.3. The first kappa shape index (κ1) is 14.6. The van der Waals surface area contributed by atoms with E-state index in [4.69, 9.17) is 4.74 Å². The normalized spacial score (nSPS) is 32.3. The first-order chi connectivity index (χ1) is 8.83. The number of carbonyl (C=O) groups excluding carboxylic acids is 1. The monoisotopic (exact) mass is 270 g/mol. The molecule has 0 aliphatic carbocycles. The van der Waals surface area contributed by atoms with E-state index in [1.54, 1.807) is 0 Å². The summed E-state index contributed by atoms with van der Waals surface area (Å²) in [4.78, 5) is 14.2. The molecule has 0 radical (unpaired) electrons. The van der Waals surface area contributed by atoms with E-state index in [2.05, 4.69) is 5.32 Å². The largest absolute Gasteiger partial charge is 0.444 e. The highest BCUT2D eigenvalue weighted by Gasteiger charge is 2.47. The Morgan fingerprint density at radius 2 is 2.16 bits per heavy atom. The van der Waals surface area contributed by atoms with Crippen LogP contribution in [0.25, 0.3) is 0 Å². The van der Waals surface area contributed by atoms with E-state index in [0.29, 0.717) is 6.42 Å². The molecule has 2 aliphatic rings. The maximum Gasteiger partial charge on any atom is 0.410 e. The highest BCUT2D eigenvalue weighted by Crippen LogP contribution is 2.32. The van der Waals surface area contributed by atoms with Crippen LogP contribution in [-0.2, 0) is 4.74 Å². The zero-order valence-corrected chi connectivity index (χ0v) is 12.3. The summed E-state index contributed by atoms with van der Waals surface area (Å²) in [6.45, 7) is 8.36. The zero-order chi connectivity index (χ0) is 14.2. The second kappa shape index (κ2) is 5.29. The van der Waals surface area contributed by atoms with Gasteiger partial charge in [0.1, 0.15) is 5.60 Å². The number of carbonyl (C=O) groups is 1. The number of nitrogens with zero attached hydrogens (tertiary/aromatic N) is 1. The van der Waals surface area contributed by atoms with Gasteiger partial charge in [0.15, 0.2) is 0 Å². The van der Waals surface area contributed by atoms with Crippen LogP contribution in [0.1, 0.15) is 47.0 Å². The van der Waals surface area contributed by atoms with Gasteiger partial charge in [-0.1, -0.05) is 6.92 Å². The molecule has 0 aromatic rings. The summed E-state index contributed by atoms with van der Waals surface area (Å²) >= 11 is 0. The van der Waals surface area contributed by atoms with Gasteiger partial charge in [-0.3, -0.25) is 4.90 Å². The third kappa shape index (κ3) is 3.03. The smallest absolute Gasteiger partial charge is 0.410 e. The maximum absolute atomic E-state index is 12.3. The first-order valence-electron chi connectivity index (χ1n) is 7.26. The molecule has 2 fully saturated rings. The molecule has 110 valence electrons. The van der Waals surface area contributed by atoms with Crippen LogP contribution in [0.4, 0.5) is 4.79 Å². The van der Waals surface area contributed by atoms with Crippen LogP contribution in [0.2, 0.25) is 0 Å². The van der Waals surface area contributed by atoms with Gasteiger partial charge in [0.25, 0.3) is 0 Å². The number of rotatable bonds is 2. The lowest BCUT2D eigenvalue weighted by Gasteiger charge is -2.42. The van der Waals surface area contributed by atoms with Gasteiger partial charge in [-0.2, -0.15) is 0 Å². The van der Waals surface area contributed by atoms with Crippen LogP contribution in [0.3, 0.4) is 0 Å². The quantitative estimate of drug-likeness (QED) is 0.798. The fourth-order valence-corrected chi connectivity index (χ4v) is 3.12. The molecule has 19 heavy (non-hydrogen) atoms. The summed E-state index contributed by atoms with van der Waals surface area (Å²) in [5, 5.41) is 13.5. The standard InChI is InChI=1S/C14H26N2O3/c1-5-11(17)12-10-7-6-9(8-15-12)16(10)13(18)19-14(2,3)4/h9-12,15,17H,5-8H2,1-4H3/t9-,10+,11?,12+/m1/s1. The molecule has 0 spiro atoms. The van der Waals surface area contributed by atoms with E-state index in [1.807, 2.05) is 32.6 Å². The van der Waals surface area contributed by atoms with Gasteiger partial charge in [0.05, 0.1) is 18.2 Å². The molecule has 1 unspecified atom stereocenters. The Labute approximate surface area is 115 Å². The number of aliphatic hydroxyl groups excluding tert-OH is 1. The molecular formula is C14H26N2O3. The van der Waals surface area contributed by atoms with Crippen LogP contribution in [0.15, 0.2) is 0 Å². The first-order valence-corrected chi connectivity index (χ1v) is 7.26. The van der Waals surface area contributed by atoms with E-state index in [0.717, 1.165) is 19.4 Å². The van der Waals surface area contributed by atoms with Crippen molar-refractivity contribution in [2.45, 2.75) is 76.8 Å². The van der Waals surface area contributed by atoms with Gasteiger partial charge < -0.3 is 15.2 Å². The van der Waals surface area contributed by atoms with E-state index < -0.39 is 11.7 Å². The van der Waals surface area contributed by atoms with Gasteiger partial charge in [-0.25, -0.2) is 4.79 Å². The van der Waals surface area contributed by atoms with Gasteiger partial charge >= 0.3 is 6.09 Å². The van der Waals surface area contributed by atoms with Crippen LogP contribution in [0, 0.1) is 0 Å². The summed E-state index contributed by atoms with van der Waals surface area (Å²) in [5.74, 6) is 0. The number of amides is 1. The molecule has 4 atom stereocenters. The number of piperazine rings is 1. The summed E-state index contributed by atoms with van der Waals surface area (Å²) in [7, 11) is 0. The van der Waals surface area contributed by atoms with E-state index in [1.165, 1.54) is 0 Å². The highest BCUT2D eigenvalue weighted by atomic mass is 16.6. The van der Waals surface area contributed by atoms with Crippen molar-refractivity contribution in [3.8, 4) is 0 Å². The molecule has 0 aromatic carbocycles. The van der Waals surface area contributed by atoms with Crippen molar-refractivity contribution in [1.29, 1.82) is 0 Å². The van der Waals surface area contributed by atoms with E-state index in [-0.39, 0.29) is 24.2 Å². The molecule has 2 bridgehead atoms. The van der Waals surface area contributed by atoms with Gasteiger partial charge in [-0.05, 0) is 40.0 Å². The highest BCUT2D eigenvalue weighted by molar-refractivity contribution is 5.70. The fraction of sp³-hybridized carbons (Fsp3) is 0.929. The second-order valence-corrected chi connectivity index (χ2v) is 6.60. The third-order valence-electron chi connectivity index (χ3n) is 3.99. The topological polar surface area (TPSA) is 61.8 Å². The SMILES string of the molecule is CCC(O)[C@H]1NC[C@H]2CC[C@@H]1N2C(=O)OC(C)(C)C. The number of fused-ring (bicyclic) bond motifs is 2. The average molecular weight is 270 g/mol. The summed E-state index contributed by atoms with van der Waals surface area (Å²) in [5.41, 5.74) is -0.472. The lowest BCUT2D eigenvalue weighted by molar-refractivity contribution is -0.00968. The zero-order valence-electron chi connectivity index (χ0n) is 12.3. The van der Waals surface area contributed by atoms with E-state index >= 15 is 0 Å². The predicted molar refractivity (Wildman–Crippen MR) is 73.0 cm³/mol. The van der Waals surface area contributed by atoms with Crippen LogP contribution >= 0.6 is 0 Å². The number of hydrogen-bond donors (Lipinski definition) is 2. The van der Waals surface area contributed by atoms with Crippen molar-refractivity contribution in [3.05, 3.63) is 0 Å². The minimum Gasteiger partial charge on any atom is -0.444 e. The van der Waals surface area contributed by atoms with Gasteiger partial charge in [0, 0.05) is 12.6 Å². The molecule has 2 heterocycles. The van der Waals surface area contributed by atoms with Crippen molar-refractivity contribution in [3.63, 3.8) is 0 Å². The number of nitrogens with one attached hydrogen (secondary N) is 1. The predicted octanol–water partition coefficient (Wildman–Crippen LogP) is 1.50. The molecule has 0 saturated carbocycles. The summed E-state index contributed by atoms with van der Waals surface area (Å²) in [6, 6.07) is 0.236. The van der Waals surface area contributed by atoms with Crippen molar-refractivity contribution < 1.29 is 14.6 Å². The lowest BCUT2D eigenvalue weighted by atomic mass is 9.98. The van der Waals surface area contributed by atoms with Crippen molar-refractivity contribution in [2.75, 3.05) is 6.54 Å². The lowest BCUT2D eigenvalue weighted by Crippen LogP contribution is -2.63. The molecular weight excluding hydrogens is 244 g/mol. The Balaban J connectivity index is 2.10. The molecule has 2 rings (SSSR count). The van der Waals surface area contributed by atoms with Crippen molar-refractivity contribution in [1.82, 2.24) is 10.2 Å². The number of aliphatic hydroxyl groups is 1. The molecule has 2 N–H and O–H groups in total. The second-order valence-electron chi connectivity index (χ2n) is 6.60. The molecule has 5 nitrogen and oxygen atoms in total. The van der Waals surface area contributed by atoms with Crippen molar-refractivity contribution in [2.24, 2.45) is 0 Å². The number of ether oxygens (including phenoxy) is 1. The number of hydrogen-bond acceptors (Lipinski definition) is 4. The molecule has 2 saturated heterocycles. The molecule has 1 amide bonds. The summed E-state index contributed by atoms with van der Waals surface area (Å²) < 4.78 is 5.50. The fourth-order valence-electron chi connectivity index (χ4n) is 3.12. The molecule has 0 aromatic heterocycles. The Hall–Kier alpha value is -0.810. The molecule has 2 aliphatic heterocycles. The van der Waals surface area contributed by atoms with Crippen LogP contribution in [-0.4, -0.2) is 52.5 Å². The summed E-state index contributed by atoms with van der Waals surface area (Å²) in [6.07, 6.45) is 1.98. The Morgan fingerprint density at radius 1 is 1.47 bits per heavy atom. The van der Waals surface area contributed by atoms with Crippen molar-refractivity contribution >= 4 is 6.09 Å². The van der Waals surface area contributed by atoms with Gasteiger partial charge in [-0.15, -0.1) is 0 Å². The van der Waals surface area contributed by atoms with Crippen LogP contribution in [0.5, 0.6) is 0 Å². The molecule has 5 heteroatoms. The third-order valence-corrected chi connectivity index (χ3v) is 3.99. The average Bonchev–Trinajstić information content (AvgIpc) is 2.61. The Kier molecular flexibility index (Phi) is 4.06. The Morgan fingerprint density at radius 3 is 2.74 bits per heavy atom.